The number of carbonyl (C=O) groups excluding carboxylic acids is 1. The molecule has 1 saturated carbocycles. The summed E-state index contributed by atoms with van der Waals surface area (Å²) in [6.45, 7) is 1.04. The van der Waals surface area contributed by atoms with Crippen LogP contribution in [0.3, 0.4) is 0 Å². The fourth-order valence-electron chi connectivity index (χ4n) is 3.28. The van der Waals surface area contributed by atoms with E-state index >= 15 is 0 Å². The van der Waals surface area contributed by atoms with Crippen molar-refractivity contribution in [3.63, 3.8) is 0 Å². The second kappa shape index (κ2) is 7.01. The largest absolute Gasteiger partial charge is 0.368 e. The summed E-state index contributed by atoms with van der Waals surface area (Å²) in [5.74, 6) is -0.0925. The van der Waals surface area contributed by atoms with Crippen LogP contribution in [-0.4, -0.2) is 32.3 Å². The Morgan fingerprint density at radius 1 is 1.09 bits per heavy atom. The van der Waals surface area contributed by atoms with Crippen LogP contribution in [0.1, 0.15) is 44.1 Å². The molecule has 2 fully saturated rings. The van der Waals surface area contributed by atoms with Crippen molar-refractivity contribution in [1.82, 2.24) is 5.32 Å². The van der Waals surface area contributed by atoms with Gasteiger partial charge in [0, 0.05) is 13.2 Å². The van der Waals surface area contributed by atoms with E-state index < -0.39 is 9.84 Å². The van der Waals surface area contributed by atoms with E-state index in [9.17, 15) is 13.2 Å². The molecule has 1 aliphatic heterocycles. The molecular formula is C17H23NO4S. The number of hydrogen-bond acceptors (Lipinski definition) is 4. The topological polar surface area (TPSA) is 72.5 Å². The Hall–Kier alpha value is -1.40. The second-order valence-electron chi connectivity index (χ2n) is 6.31. The lowest BCUT2D eigenvalue weighted by Gasteiger charge is -2.13. The van der Waals surface area contributed by atoms with Gasteiger partial charge in [0.2, 0.25) is 5.91 Å². The average molecular weight is 337 g/mol. The molecule has 5 nitrogen and oxygen atoms in total. The van der Waals surface area contributed by atoms with E-state index in [0.29, 0.717) is 18.0 Å². The molecule has 1 unspecified atom stereocenters. The number of benzene rings is 1. The number of sulfone groups is 1. The standard InChI is InChI=1S/C17H23NO4S/c19-17(16-6-3-11-22-16)18-12-13-7-9-15(10-8-13)23(20,21)14-4-1-2-5-14/h7-10,14,16H,1-6,11-12H2,(H,18,19). The fourth-order valence-corrected chi connectivity index (χ4v) is 5.13. The van der Waals surface area contributed by atoms with E-state index in [-0.39, 0.29) is 17.3 Å². The third-order valence-corrected chi connectivity index (χ3v) is 6.96. The molecule has 0 aromatic heterocycles. The van der Waals surface area contributed by atoms with Gasteiger partial charge in [0.15, 0.2) is 9.84 Å². The Morgan fingerprint density at radius 3 is 2.39 bits per heavy atom. The number of nitrogens with one attached hydrogen (secondary N) is 1. The van der Waals surface area contributed by atoms with Crippen LogP contribution in [0.15, 0.2) is 29.2 Å². The highest BCUT2D eigenvalue weighted by molar-refractivity contribution is 7.92. The summed E-state index contributed by atoms with van der Waals surface area (Å²) < 4.78 is 30.3. The van der Waals surface area contributed by atoms with E-state index in [4.69, 9.17) is 4.74 Å². The average Bonchev–Trinajstić information content (AvgIpc) is 3.25. The van der Waals surface area contributed by atoms with Gasteiger partial charge in [-0.2, -0.15) is 0 Å². The quantitative estimate of drug-likeness (QED) is 0.894. The van der Waals surface area contributed by atoms with Crippen molar-refractivity contribution in [2.75, 3.05) is 6.61 Å². The molecular weight excluding hydrogens is 314 g/mol. The minimum atomic E-state index is -3.21. The van der Waals surface area contributed by atoms with Crippen LogP contribution in [0.2, 0.25) is 0 Å². The smallest absolute Gasteiger partial charge is 0.249 e. The molecule has 1 atom stereocenters. The Bertz CT molecular complexity index is 642. The third kappa shape index (κ3) is 3.75. The summed E-state index contributed by atoms with van der Waals surface area (Å²) in [5, 5.41) is 2.61. The Balaban J connectivity index is 1.59. The van der Waals surface area contributed by atoms with E-state index in [1.54, 1.807) is 24.3 Å². The minimum Gasteiger partial charge on any atom is -0.368 e. The SMILES string of the molecule is O=C(NCc1ccc(S(=O)(=O)C2CCCC2)cc1)C1CCCO1. The van der Waals surface area contributed by atoms with Crippen molar-refractivity contribution in [3.05, 3.63) is 29.8 Å². The van der Waals surface area contributed by atoms with Gasteiger partial charge in [-0.05, 0) is 43.4 Å². The van der Waals surface area contributed by atoms with Gasteiger partial charge in [-0.25, -0.2) is 8.42 Å². The number of hydrogen-bond donors (Lipinski definition) is 1. The first-order valence-corrected chi connectivity index (χ1v) is 9.84. The van der Waals surface area contributed by atoms with E-state index in [1.165, 1.54) is 0 Å². The molecule has 1 saturated heterocycles. The van der Waals surface area contributed by atoms with E-state index in [0.717, 1.165) is 44.1 Å². The monoisotopic (exact) mass is 337 g/mol. The molecule has 1 amide bonds. The molecule has 1 N–H and O–H groups in total. The molecule has 6 heteroatoms. The molecule has 0 spiro atoms. The highest BCUT2D eigenvalue weighted by Gasteiger charge is 2.30. The van der Waals surface area contributed by atoms with Gasteiger partial charge in [0.25, 0.3) is 0 Å². The summed E-state index contributed by atoms with van der Waals surface area (Å²) in [6, 6.07) is 6.86. The van der Waals surface area contributed by atoms with Gasteiger partial charge < -0.3 is 10.1 Å². The van der Waals surface area contributed by atoms with Crippen LogP contribution >= 0.6 is 0 Å². The summed E-state index contributed by atoms with van der Waals surface area (Å²) >= 11 is 0. The fraction of sp³-hybridized carbons (Fsp3) is 0.588. The van der Waals surface area contributed by atoms with Gasteiger partial charge in [-0.3, -0.25) is 4.79 Å². The highest BCUT2D eigenvalue weighted by Crippen LogP contribution is 2.29. The van der Waals surface area contributed by atoms with Crippen LogP contribution in [0.4, 0.5) is 0 Å². The molecule has 23 heavy (non-hydrogen) atoms. The molecule has 1 heterocycles. The predicted octanol–water partition coefficient (Wildman–Crippen LogP) is 2.20. The Morgan fingerprint density at radius 2 is 1.78 bits per heavy atom. The maximum absolute atomic E-state index is 12.5. The third-order valence-electron chi connectivity index (χ3n) is 4.68. The summed E-state index contributed by atoms with van der Waals surface area (Å²) in [4.78, 5) is 12.3. The highest BCUT2D eigenvalue weighted by atomic mass is 32.2. The maximum Gasteiger partial charge on any atom is 0.249 e. The second-order valence-corrected chi connectivity index (χ2v) is 8.54. The lowest BCUT2D eigenvalue weighted by molar-refractivity contribution is -0.130. The molecule has 2 aliphatic rings. The normalized spacial score (nSPS) is 22.3. The van der Waals surface area contributed by atoms with Gasteiger partial charge in [0.1, 0.15) is 6.10 Å². The lowest BCUT2D eigenvalue weighted by atomic mass is 10.2. The number of carbonyl (C=O) groups is 1. The van der Waals surface area contributed by atoms with Gasteiger partial charge in [-0.1, -0.05) is 25.0 Å². The zero-order valence-electron chi connectivity index (χ0n) is 13.2. The Labute approximate surface area is 137 Å². The molecule has 0 bridgehead atoms. The lowest BCUT2D eigenvalue weighted by Crippen LogP contribution is -2.33. The van der Waals surface area contributed by atoms with Crippen LogP contribution < -0.4 is 5.32 Å². The van der Waals surface area contributed by atoms with Gasteiger partial charge in [0.05, 0.1) is 10.1 Å². The first-order valence-electron chi connectivity index (χ1n) is 8.29. The molecule has 1 aromatic rings. The number of rotatable bonds is 5. The van der Waals surface area contributed by atoms with Crippen LogP contribution in [0.25, 0.3) is 0 Å². The van der Waals surface area contributed by atoms with Crippen molar-refractivity contribution in [2.45, 2.75) is 61.3 Å². The molecule has 3 rings (SSSR count). The van der Waals surface area contributed by atoms with E-state index in [2.05, 4.69) is 5.32 Å². The molecule has 1 aliphatic carbocycles. The van der Waals surface area contributed by atoms with E-state index in [1.807, 2.05) is 0 Å². The maximum atomic E-state index is 12.5. The number of amides is 1. The van der Waals surface area contributed by atoms with Crippen LogP contribution in [-0.2, 0) is 25.9 Å². The molecule has 1 aromatic carbocycles. The van der Waals surface area contributed by atoms with Crippen molar-refractivity contribution in [1.29, 1.82) is 0 Å². The van der Waals surface area contributed by atoms with Crippen molar-refractivity contribution < 1.29 is 17.9 Å². The predicted molar refractivity (Wildman–Crippen MR) is 86.7 cm³/mol. The van der Waals surface area contributed by atoms with Gasteiger partial charge >= 0.3 is 0 Å². The summed E-state index contributed by atoms with van der Waals surface area (Å²) in [6.07, 6.45) is 4.88. The van der Waals surface area contributed by atoms with Gasteiger partial charge in [-0.15, -0.1) is 0 Å². The molecule has 0 radical (unpaired) electrons. The van der Waals surface area contributed by atoms with Crippen molar-refractivity contribution in [3.8, 4) is 0 Å². The first kappa shape index (κ1) is 16.5. The van der Waals surface area contributed by atoms with Crippen molar-refractivity contribution >= 4 is 15.7 Å². The molecule has 126 valence electrons. The summed E-state index contributed by atoms with van der Waals surface area (Å²) in [7, 11) is -3.21. The van der Waals surface area contributed by atoms with Crippen LogP contribution in [0, 0.1) is 0 Å². The van der Waals surface area contributed by atoms with Crippen LogP contribution in [0.5, 0.6) is 0 Å². The first-order chi connectivity index (χ1) is 11.1. The summed E-state index contributed by atoms with van der Waals surface area (Å²) in [5.41, 5.74) is 0.890. The number of ether oxygens (including phenoxy) is 1. The minimum absolute atomic E-state index is 0.0925. The Kier molecular flexibility index (Phi) is 5.02. The zero-order valence-corrected chi connectivity index (χ0v) is 14.0. The van der Waals surface area contributed by atoms with Crippen molar-refractivity contribution in [2.24, 2.45) is 0 Å². The zero-order chi connectivity index (χ0) is 16.3.